The van der Waals surface area contributed by atoms with Crippen molar-refractivity contribution in [2.24, 2.45) is 7.05 Å². The average molecular weight is 281 g/mol. The molecule has 1 aromatic carbocycles. The fraction of sp³-hybridized carbons (Fsp3) is 0.200. The number of nitrogens with zero attached hydrogens (tertiary/aromatic N) is 5. The number of aromatic nitrogens is 4. The number of hydrogen-bond acceptors (Lipinski definition) is 5. The summed E-state index contributed by atoms with van der Waals surface area (Å²) >= 11 is 0. The molecule has 0 spiro atoms. The van der Waals surface area contributed by atoms with Gasteiger partial charge in [0.05, 0.1) is 11.6 Å². The normalized spacial score (nSPS) is 10.8. The molecule has 0 saturated carbocycles. The van der Waals surface area contributed by atoms with Crippen LogP contribution >= 0.6 is 0 Å². The van der Waals surface area contributed by atoms with E-state index in [1.165, 1.54) is 6.33 Å². The van der Waals surface area contributed by atoms with Crippen LogP contribution in [-0.2, 0) is 7.05 Å². The highest BCUT2D eigenvalue weighted by Crippen LogP contribution is 2.19. The fourth-order valence-corrected chi connectivity index (χ4v) is 2.19. The maximum atomic E-state index is 12.6. The Bertz CT molecular complexity index is 805. The van der Waals surface area contributed by atoms with Gasteiger partial charge >= 0.3 is 0 Å². The third-order valence-electron chi connectivity index (χ3n) is 3.39. The Morgan fingerprint density at radius 2 is 1.86 bits per heavy atom. The van der Waals surface area contributed by atoms with E-state index < -0.39 is 0 Å². The van der Waals surface area contributed by atoms with Gasteiger partial charge in [-0.1, -0.05) is 0 Å². The molecule has 0 saturated heterocycles. The summed E-state index contributed by atoms with van der Waals surface area (Å²) in [4.78, 5) is 22.9. The standard InChI is InChI=1S/C15H15N5O/c1-19(2)11-6-4-10(5-7-11)14(21)13-12-8-18-20(3)15(12)17-9-16-13/h4-9H,1-3H3. The Balaban J connectivity index is 2.04. The molecular formula is C15H15N5O. The number of anilines is 1. The van der Waals surface area contributed by atoms with E-state index in [0.717, 1.165) is 5.69 Å². The molecule has 2 aromatic heterocycles. The second-order valence-corrected chi connectivity index (χ2v) is 5.00. The van der Waals surface area contributed by atoms with Crippen molar-refractivity contribution >= 4 is 22.5 Å². The first kappa shape index (κ1) is 13.2. The SMILES string of the molecule is CN(C)c1ccc(C(=O)c2ncnc3c2cnn3C)cc1. The third kappa shape index (κ3) is 2.24. The summed E-state index contributed by atoms with van der Waals surface area (Å²) in [5.74, 6) is -0.124. The van der Waals surface area contributed by atoms with E-state index in [0.29, 0.717) is 22.3 Å². The highest BCUT2D eigenvalue weighted by molar-refractivity contribution is 6.14. The number of rotatable bonds is 3. The van der Waals surface area contributed by atoms with Gasteiger partial charge in [-0.05, 0) is 24.3 Å². The van der Waals surface area contributed by atoms with E-state index in [4.69, 9.17) is 0 Å². The molecule has 0 atom stereocenters. The van der Waals surface area contributed by atoms with E-state index in [9.17, 15) is 4.79 Å². The number of carbonyl (C=O) groups is 1. The van der Waals surface area contributed by atoms with Gasteiger partial charge in [0, 0.05) is 32.4 Å². The first-order valence-electron chi connectivity index (χ1n) is 6.52. The van der Waals surface area contributed by atoms with Crippen molar-refractivity contribution in [3.63, 3.8) is 0 Å². The van der Waals surface area contributed by atoms with Crippen LogP contribution in [0.5, 0.6) is 0 Å². The average Bonchev–Trinajstić information content (AvgIpc) is 2.88. The molecule has 0 bridgehead atoms. The maximum Gasteiger partial charge on any atom is 0.212 e. The Kier molecular flexibility index (Phi) is 3.13. The van der Waals surface area contributed by atoms with Crippen LogP contribution in [0.15, 0.2) is 36.8 Å². The van der Waals surface area contributed by atoms with Crippen molar-refractivity contribution < 1.29 is 4.79 Å². The first-order chi connectivity index (χ1) is 10.1. The molecule has 3 aromatic rings. The highest BCUT2D eigenvalue weighted by atomic mass is 16.1. The molecular weight excluding hydrogens is 266 g/mol. The van der Waals surface area contributed by atoms with Crippen LogP contribution in [0.25, 0.3) is 11.0 Å². The topological polar surface area (TPSA) is 63.9 Å². The van der Waals surface area contributed by atoms with Gasteiger partial charge < -0.3 is 4.90 Å². The quantitative estimate of drug-likeness (QED) is 0.683. The minimum absolute atomic E-state index is 0.124. The molecule has 3 rings (SSSR count). The monoisotopic (exact) mass is 281 g/mol. The minimum Gasteiger partial charge on any atom is -0.378 e. The summed E-state index contributed by atoms with van der Waals surface area (Å²) < 4.78 is 1.63. The van der Waals surface area contributed by atoms with Gasteiger partial charge in [-0.3, -0.25) is 9.48 Å². The van der Waals surface area contributed by atoms with Crippen LogP contribution in [0.4, 0.5) is 5.69 Å². The second-order valence-electron chi connectivity index (χ2n) is 5.00. The molecule has 0 amide bonds. The molecule has 106 valence electrons. The lowest BCUT2D eigenvalue weighted by molar-refractivity contribution is 0.103. The van der Waals surface area contributed by atoms with E-state index in [1.807, 2.05) is 43.3 Å². The molecule has 2 heterocycles. The van der Waals surface area contributed by atoms with Crippen LogP contribution < -0.4 is 4.90 Å². The van der Waals surface area contributed by atoms with Crippen LogP contribution in [0, 0.1) is 0 Å². The van der Waals surface area contributed by atoms with Crippen LogP contribution in [0.2, 0.25) is 0 Å². The van der Waals surface area contributed by atoms with Crippen LogP contribution in [0.1, 0.15) is 16.1 Å². The van der Waals surface area contributed by atoms with E-state index in [2.05, 4.69) is 15.1 Å². The Morgan fingerprint density at radius 3 is 2.52 bits per heavy atom. The molecule has 0 aliphatic rings. The van der Waals surface area contributed by atoms with E-state index in [-0.39, 0.29) is 5.78 Å². The number of hydrogen-bond donors (Lipinski definition) is 0. The number of benzene rings is 1. The molecule has 0 unspecified atom stereocenters. The Labute approximate surface area is 122 Å². The molecule has 0 aliphatic carbocycles. The van der Waals surface area contributed by atoms with Crippen LogP contribution in [-0.4, -0.2) is 39.6 Å². The summed E-state index contributed by atoms with van der Waals surface area (Å²) in [6, 6.07) is 7.44. The number of fused-ring (bicyclic) bond motifs is 1. The highest BCUT2D eigenvalue weighted by Gasteiger charge is 2.16. The minimum atomic E-state index is -0.124. The summed E-state index contributed by atoms with van der Waals surface area (Å²) in [5.41, 5.74) is 2.68. The van der Waals surface area contributed by atoms with Gasteiger partial charge in [0.15, 0.2) is 5.65 Å². The zero-order valence-corrected chi connectivity index (χ0v) is 12.1. The lowest BCUT2D eigenvalue weighted by Gasteiger charge is -2.12. The molecule has 0 N–H and O–H groups in total. The zero-order chi connectivity index (χ0) is 15.0. The third-order valence-corrected chi connectivity index (χ3v) is 3.39. The Morgan fingerprint density at radius 1 is 1.14 bits per heavy atom. The zero-order valence-electron chi connectivity index (χ0n) is 12.1. The second kappa shape index (κ2) is 4.97. The summed E-state index contributed by atoms with van der Waals surface area (Å²) in [6.07, 6.45) is 3.02. The van der Waals surface area contributed by atoms with Crippen molar-refractivity contribution in [1.82, 2.24) is 19.7 Å². The molecule has 0 radical (unpaired) electrons. The number of carbonyl (C=O) groups excluding carboxylic acids is 1. The van der Waals surface area contributed by atoms with Gasteiger partial charge in [-0.25, -0.2) is 9.97 Å². The van der Waals surface area contributed by atoms with Crippen LogP contribution in [0.3, 0.4) is 0 Å². The molecule has 6 heteroatoms. The van der Waals surface area contributed by atoms with Gasteiger partial charge in [0.1, 0.15) is 12.0 Å². The number of ketones is 1. The summed E-state index contributed by atoms with van der Waals surface area (Å²) in [7, 11) is 5.70. The molecule has 6 nitrogen and oxygen atoms in total. The predicted octanol–water partition coefficient (Wildman–Crippen LogP) is 1.66. The van der Waals surface area contributed by atoms with Gasteiger partial charge in [0.25, 0.3) is 0 Å². The van der Waals surface area contributed by atoms with Gasteiger partial charge in [-0.15, -0.1) is 0 Å². The lowest BCUT2D eigenvalue weighted by atomic mass is 10.1. The Hall–Kier alpha value is -2.76. The summed E-state index contributed by atoms with van der Waals surface area (Å²) in [5, 5.41) is 4.79. The first-order valence-corrected chi connectivity index (χ1v) is 6.52. The van der Waals surface area contributed by atoms with E-state index >= 15 is 0 Å². The van der Waals surface area contributed by atoms with Gasteiger partial charge in [-0.2, -0.15) is 5.10 Å². The van der Waals surface area contributed by atoms with Crippen molar-refractivity contribution in [3.8, 4) is 0 Å². The van der Waals surface area contributed by atoms with Gasteiger partial charge in [0.2, 0.25) is 5.78 Å². The van der Waals surface area contributed by atoms with Crippen molar-refractivity contribution in [3.05, 3.63) is 48.0 Å². The predicted molar refractivity (Wildman–Crippen MR) is 80.5 cm³/mol. The van der Waals surface area contributed by atoms with Crippen molar-refractivity contribution in [2.45, 2.75) is 0 Å². The fourth-order valence-electron chi connectivity index (χ4n) is 2.19. The van der Waals surface area contributed by atoms with E-state index in [1.54, 1.807) is 17.9 Å². The lowest BCUT2D eigenvalue weighted by Crippen LogP contribution is -2.09. The molecule has 0 aliphatic heterocycles. The number of aryl methyl sites for hydroxylation is 1. The largest absolute Gasteiger partial charge is 0.378 e. The summed E-state index contributed by atoms with van der Waals surface area (Å²) in [6.45, 7) is 0. The smallest absolute Gasteiger partial charge is 0.212 e. The maximum absolute atomic E-state index is 12.6. The van der Waals surface area contributed by atoms with Crippen molar-refractivity contribution in [1.29, 1.82) is 0 Å². The molecule has 0 fully saturated rings. The van der Waals surface area contributed by atoms with Crippen molar-refractivity contribution in [2.75, 3.05) is 19.0 Å². The molecule has 21 heavy (non-hydrogen) atoms.